The number of amidine groups is 2. The molecule has 3 rings (SSSR count). The minimum absolute atomic E-state index is 0.0243. The highest BCUT2D eigenvalue weighted by atomic mass is 15.1. The molecule has 0 spiro atoms. The zero-order valence-electron chi connectivity index (χ0n) is 16.1. The van der Waals surface area contributed by atoms with E-state index in [1.807, 2.05) is 13.1 Å². The molecule has 0 aromatic heterocycles. The zero-order chi connectivity index (χ0) is 18.6. The van der Waals surface area contributed by atoms with Gasteiger partial charge in [-0.15, -0.1) is 6.58 Å². The van der Waals surface area contributed by atoms with E-state index in [0.29, 0.717) is 5.92 Å². The first-order chi connectivity index (χ1) is 12.6. The van der Waals surface area contributed by atoms with E-state index >= 15 is 0 Å². The predicted octanol–water partition coefficient (Wildman–Crippen LogP) is 4.99. The number of allylic oxidation sites excluding steroid dienone is 2. The lowest BCUT2D eigenvalue weighted by molar-refractivity contribution is 0.530. The third kappa shape index (κ3) is 4.04. The summed E-state index contributed by atoms with van der Waals surface area (Å²) in [6.07, 6.45) is 13.0. The number of nitrogens with zero attached hydrogens (tertiary/aromatic N) is 2. The summed E-state index contributed by atoms with van der Waals surface area (Å²) >= 11 is 0. The minimum atomic E-state index is -0.0243. The van der Waals surface area contributed by atoms with E-state index in [1.54, 1.807) is 0 Å². The number of rotatable bonds is 5. The summed E-state index contributed by atoms with van der Waals surface area (Å²) in [4.78, 5) is 9.69. The van der Waals surface area contributed by atoms with E-state index in [4.69, 9.17) is 4.99 Å². The van der Waals surface area contributed by atoms with E-state index < -0.39 is 0 Å². The van der Waals surface area contributed by atoms with Crippen molar-refractivity contribution in [2.75, 3.05) is 7.05 Å². The minimum Gasteiger partial charge on any atom is -0.325 e. The number of aryl methyl sites for hydroxylation is 1. The standard InChI is InChI=1S/C23H29N3/c1-5-18(3)23(14-15-23)26-22(20-13-9-10-17(2)16-20)25-21(24-4)19-11-7-6-8-12-19/h5,7,9-13,16,18H,1,6,8,14-15H2,2-4H3,(H,24,25,26). The van der Waals surface area contributed by atoms with Gasteiger partial charge in [0.15, 0.2) is 0 Å². The lowest BCUT2D eigenvalue weighted by Gasteiger charge is -2.21. The van der Waals surface area contributed by atoms with Crippen molar-refractivity contribution in [3.05, 3.63) is 71.8 Å². The normalized spacial score (nSPS) is 20.3. The molecule has 1 aromatic carbocycles. The summed E-state index contributed by atoms with van der Waals surface area (Å²) in [7, 11) is 1.83. The Morgan fingerprint density at radius 3 is 2.65 bits per heavy atom. The molecule has 0 heterocycles. The van der Waals surface area contributed by atoms with Crippen LogP contribution in [-0.4, -0.2) is 24.3 Å². The first kappa shape index (κ1) is 18.4. The van der Waals surface area contributed by atoms with Gasteiger partial charge in [0.25, 0.3) is 0 Å². The number of hydrogen-bond acceptors (Lipinski definition) is 2. The van der Waals surface area contributed by atoms with Crippen molar-refractivity contribution in [1.29, 1.82) is 0 Å². The van der Waals surface area contributed by atoms with Crippen LogP contribution in [-0.2, 0) is 0 Å². The Kier molecular flexibility index (Phi) is 5.55. The van der Waals surface area contributed by atoms with Crippen LogP contribution in [0.2, 0.25) is 0 Å². The SMILES string of the molecule is C=CC(C)C1(N=C(NC(=NC)C2=CCCC=C2)c2cccc(C)c2)CC1. The first-order valence-electron chi connectivity index (χ1n) is 9.48. The van der Waals surface area contributed by atoms with Crippen molar-refractivity contribution in [2.45, 2.75) is 45.1 Å². The molecular weight excluding hydrogens is 318 g/mol. The molecule has 1 saturated carbocycles. The summed E-state index contributed by atoms with van der Waals surface area (Å²) in [6, 6.07) is 8.49. The third-order valence-corrected chi connectivity index (χ3v) is 5.32. The van der Waals surface area contributed by atoms with Gasteiger partial charge in [-0.1, -0.05) is 55.0 Å². The van der Waals surface area contributed by atoms with Gasteiger partial charge in [0, 0.05) is 18.2 Å². The van der Waals surface area contributed by atoms with Crippen LogP contribution in [0.3, 0.4) is 0 Å². The topological polar surface area (TPSA) is 36.8 Å². The Morgan fingerprint density at radius 2 is 2.08 bits per heavy atom. The summed E-state index contributed by atoms with van der Waals surface area (Å²) in [5, 5.41) is 3.54. The second kappa shape index (κ2) is 7.86. The molecule has 26 heavy (non-hydrogen) atoms. The van der Waals surface area contributed by atoms with Crippen LogP contribution in [0.4, 0.5) is 0 Å². The zero-order valence-corrected chi connectivity index (χ0v) is 16.1. The van der Waals surface area contributed by atoms with Crippen molar-refractivity contribution in [3.8, 4) is 0 Å². The van der Waals surface area contributed by atoms with E-state index in [-0.39, 0.29) is 5.54 Å². The summed E-state index contributed by atoms with van der Waals surface area (Å²) in [6.45, 7) is 8.30. The molecule has 0 saturated heterocycles. The van der Waals surface area contributed by atoms with Crippen molar-refractivity contribution in [1.82, 2.24) is 5.32 Å². The van der Waals surface area contributed by atoms with Gasteiger partial charge in [-0.2, -0.15) is 0 Å². The van der Waals surface area contributed by atoms with Gasteiger partial charge in [0.05, 0.1) is 5.54 Å². The monoisotopic (exact) mass is 347 g/mol. The number of benzene rings is 1. The van der Waals surface area contributed by atoms with Gasteiger partial charge in [-0.3, -0.25) is 9.98 Å². The number of nitrogens with one attached hydrogen (secondary N) is 1. The fraction of sp³-hybridized carbons (Fsp3) is 0.391. The van der Waals surface area contributed by atoms with Gasteiger partial charge >= 0.3 is 0 Å². The number of aliphatic imine (C=N–C) groups is 2. The van der Waals surface area contributed by atoms with Gasteiger partial charge in [0.1, 0.15) is 11.7 Å². The van der Waals surface area contributed by atoms with Crippen LogP contribution in [0, 0.1) is 12.8 Å². The fourth-order valence-corrected chi connectivity index (χ4v) is 3.35. The van der Waals surface area contributed by atoms with E-state index in [9.17, 15) is 0 Å². The highest BCUT2D eigenvalue weighted by Gasteiger charge is 2.46. The quantitative estimate of drug-likeness (QED) is 0.455. The highest BCUT2D eigenvalue weighted by molar-refractivity contribution is 6.15. The fourth-order valence-electron chi connectivity index (χ4n) is 3.35. The smallest absolute Gasteiger partial charge is 0.134 e. The molecule has 2 aliphatic rings. The Bertz CT molecular complexity index is 791. The van der Waals surface area contributed by atoms with Crippen molar-refractivity contribution in [3.63, 3.8) is 0 Å². The summed E-state index contributed by atoms with van der Waals surface area (Å²) < 4.78 is 0. The molecule has 1 unspecified atom stereocenters. The Labute approximate surface area is 157 Å². The molecule has 1 fully saturated rings. The van der Waals surface area contributed by atoms with Gasteiger partial charge < -0.3 is 5.32 Å². The Morgan fingerprint density at radius 1 is 1.27 bits per heavy atom. The molecule has 3 nitrogen and oxygen atoms in total. The lowest BCUT2D eigenvalue weighted by Crippen LogP contribution is -2.35. The second-order valence-electron chi connectivity index (χ2n) is 7.29. The van der Waals surface area contributed by atoms with E-state index in [1.165, 1.54) is 5.56 Å². The maximum absolute atomic E-state index is 5.19. The maximum atomic E-state index is 5.19. The Hall–Kier alpha value is -2.42. The van der Waals surface area contributed by atoms with Crippen LogP contribution in [0.15, 0.2) is 70.7 Å². The first-order valence-corrected chi connectivity index (χ1v) is 9.48. The van der Waals surface area contributed by atoms with Gasteiger partial charge in [-0.05, 0) is 44.6 Å². The molecule has 1 aromatic rings. The van der Waals surface area contributed by atoms with Crippen LogP contribution >= 0.6 is 0 Å². The van der Waals surface area contributed by atoms with Crippen LogP contribution in [0.1, 0.15) is 43.7 Å². The van der Waals surface area contributed by atoms with Gasteiger partial charge in [-0.25, -0.2) is 0 Å². The molecule has 0 bridgehead atoms. The third-order valence-electron chi connectivity index (χ3n) is 5.32. The van der Waals surface area contributed by atoms with Crippen molar-refractivity contribution >= 4 is 11.7 Å². The average Bonchev–Trinajstić information content (AvgIpc) is 3.46. The predicted molar refractivity (Wildman–Crippen MR) is 112 cm³/mol. The molecule has 3 heteroatoms. The molecule has 1 N–H and O–H groups in total. The molecule has 0 radical (unpaired) electrons. The molecule has 136 valence electrons. The van der Waals surface area contributed by atoms with Crippen molar-refractivity contribution < 1.29 is 0 Å². The van der Waals surface area contributed by atoms with Crippen LogP contribution in [0.25, 0.3) is 0 Å². The highest BCUT2D eigenvalue weighted by Crippen LogP contribution is 2.47. The summed E-state index contributed by atoms with van der Waals surface area (Å²) in [5.74, 6) is 2.14. The van der Waals surface area contributed by atoms with Crippen molar-refractivity contribution in [2.24, 2.45) is 15.9 Å². The van der Waals surface area contributed by atoms with Crippen LogP contribution in [0.5, 0.6) is 0 Å². The van der Waals surface area contributed by atoms with E-state index in [2.05, 4.69) is 73.2 Å². The molecular formula is C23H29N3. The molecule has 0 aliphatic heterocycles. The van der Waals surface area contributed by atoms with Gasteiger partial charge in [0.2, 0.25) is 0 Å². The average molecular weight is 348 g/mol. The summed E-state index contributed by atoms with van der Waals surface area (Å²) in [5.41, 5.74) is 3.45. The lowest BCUT2D eigenvalue weighted by atomic mass is 10.00. The Balaban J connectivity index is 1.97. The number of hydrogen-bond donors (Lipinski definition) is 1. The van der Waals surface area contributed by atoms with E-state index in [0.717, 1.165) is 48.5 Å². The second-order valence-corrected chi connectivity index (χ2v) is 7.29. The van der Waals surface area contributed by atoms with Crippen LogP contribution < -0.4 is 5.32 Å². The largest absolute Gasteiger partial charge is 0.325 e. The molecule has 2 aliphatic carbocycles. The maximum Gasteiger partial charge on any atom is 0.134 e. The molecule has 0 amide bonds. The molecule has 1 atom stereocenters.